The second kappa shape index (κ2) is 4.90. The van der Waals surface area contributed by atoms with Crippen LogP contribution in [0.15, 0.2) is 0 Å². The molecular formula is C14H25NO3. The molecule has 0 aromatic heterocycles. The minimum Gasteiger partial charge on any atom is -0.480 e. The maximum Gasteiger partial charge on any atom is 0.329 e. The van der Waals surface area contributed by atoms with Crippen LogP contribution in [0.5, 0.6) is 0 Å². The summed E-state index contributed by atoms with van der Waals surface area (Å²) in [6.45, 7) is 7.49. The third kappa shape index (κ3) is 3.03. The van der Waals surface area contributed by atoms with E-state index in [1.54, 1.807) is 20.9 Å². The molecule has 1 aliphatic carbocycles. The summed E-state index contributed by atoms with van der Waals surface area (Å²) in [6, 6.07) is 0. The first-order chi connectivity index (χ1) is 8.08. The van der Waals surface area contributed by atoms with Gasteiger partial charge in [0.15, 0.2) is 0 Å². The van der Waals surface area contributed by atoms with Crippen molar-refractivity contribution in [2.75, 3.05) is 7.05 Å². The molecular weight excluding hydrogens is 230 g/mol. The highest BCUT2D eigenvalue weighted by atomic mass is 16.4. The maximum atomic E-state index is 12.4. The molecule has 1 aliphatic rings. The van der Waals surface area contributed by atoms with E-state index in [0.29, 0.717) is 0 Å². The third-order valence-electron chi connectivity index (χ3n) is 4.25. The molecule has 0 aromatic carbocycles. The van der Waals surface area contributed by atoms with Crippen LogP contribution in [0.25, 0.3) is 0 Å². The van der Waals surface area contributed by atoms with E-state index in [1.807, 2.05) is 0 Å². The zero-order valence-electron chi connectivity index (χ0n) is 12.1. The van der Waals surface area contributed by atoms with Crippen LogP contribution in [0.3, 0.4) is 0 Å². The Morgan fingerprint density at radius 1 is 1.33 bits per heavy atom. The van der Waals surface area contributed by atoms with E-state index in [0.717, 1.165) is 25.7 Å². The van der Waals surface area contributed by atoms with Crippen LogP contribution in [-0.4, -0.2) is 34.5 Å². The Hall–Kier alpha value is -1.06. The van der Waals surface area contributed by atoms with E-state index >= 15 is 0 Å². The fourth-order valence-electron chi connectivity index (χ4n) is 2.60. The monoisotopic (exact) mass is 255 g/mol. The van der Waals surface area contributed by atoms with E-state index in [1.165, 1.54) is 4.90 Å². The molecule has 0 radical (unpaired) electrons. The molecule has 0 heterocycles. The van der Waals surface area contributed by atoms with Crippen LogP contribution < -0.4 is 0 Å². The molecule has 4 nitrogen and oxygen atoms in total. The van der Waals surface area contributed by atoms with Crippen molar-refractivity contribution in [3.8, 4) is 0 Å². The van der Waals surface area contributed by atoms with Gasteiger partial charge in [-0.1, -0.05) is 20.3 Å². The van der Waals surface area contributed by atoms with Crippen LogP contribution >= 0.6 is 0 Å². The number of likely N-dealkylation sites (N-methyl/N-ethyl adjacent to an activating group) is 1. The molecule has 1 N–H and O–H groups in total. The van der Waals surface area contributed by atoms with Crippen molar-refractivity contribution in [3.63, 3.8) is 0 Å². The second-order valence-electron chi connectivity index (χ2n) is 6.72. The van der Waals surface area contributed by atoms with Crippen LogP contribution in [-0.2, 0) is 9.59 Å². The number of rotatable bonds is 3. The van der Waals surface area contributed by atoms with E-state index in [2.05, 4.69) is 13.8 Å². The van der Waals surface area contributed by atoms with Crippen molar-refractivity contribution in [2.45, 2.75) is 58.9 Å². The highest BCUT2D eigenvalue weighted by Crippen LogP contribution is 2.39. The third-order valence-corrected chi connectivity index (χ3v) is 4.25. The standard InChI is InChI=1S/C14H25NO3/c1-13(2)8-6-7-10(9-13)11(16)15(5)14(3,4)12(17)18/h10H,6-9H2,1-5H3,(H,17,18). The van der Waals surface area contributed by atoms with Crippen molar-refractivity contribution in [2.24, 2.45) is 11.3 Å². The molecule has 1 fully saturated rings. The lowest BCUT2D eigenvalue weighted by atomic mass is 9.71. The SMILES string of the molecule is CN(C(=O)C1CCCC(C)(C)C1)C(C)(C)C(=O)O. The Balaban J connectivity index is 2.78. The van der Waals surface area contributed by atoms with Crippen molar-refractivity contribution in [1.29, 1.82) is 0 Å². The molecule has 0 spiro atoms. The van der Waals surface area contributed by atoms with Crippen LogP contribution in [0.4, 0.5) is 0 Å². The molecule has 104 valence electrons. The molecule has 18 heavy (non-hydrogen) atoms. The van der Waals surface area contributed by atoms with Gasteiger partial charge in [-0.05, 0) is 38.5 Å². The topological polar surface area (TPSA) is 57.6 Å². The predicted octanol–water partition coefficient (Wildman–Crippen LogP) is 2.52. The van der Waals surface area contributed by atoms with Crippen LogP contribution in [0, 0.1) is 11.3 Å². The summed E-state index contributed by atoms with van der Waals surface area (Å²) >= 11 is 0. The van der Waals surface area contributed by atoms with Gasteiger partial charge in [-0.2, -0.15) is 0 Å². The molecule has 1 amide bonds. The first-order valence-electron chi connectivity index (χ1n) is 6.59. The van der Waals surface area contributed by atoms with Crippen molar-refractivity contribution < 1.29 is 14.7 Å². The van der Waals surface area contributed by atoms with Gasteiger partial charge in [0.25, 0.3) is 0 Å². The van der Waals surface area contributed by atoms with Gasteiger partial charge in [0.1, 0.15) is 5.54 Å². The number of carbonyl (C=O) groups excluding carboxylic acids is 1. The van der Waals surface area contributed by atoms with Crippen molar-refractivity contribution >= 4 is 11.9 Å². The van der Waals surface area contributed by atoms with Gasteiger partial charge in [-0.25, -0.2) is 4.79 Å². The zero-order chi connectivity index (χ0) is 14.1. The summed E-state index contributed by atoms with van der Waals surface area (Å²) in [5.41, 5.74) is -0.953. The van der Waals surface area contributed by atoms with Crippen molar-refractivity contribution in [3.05, 3.63) is 0 Å². The van der Waals surface area contributed by atoms with E-state index in [4.69, 9.17) is 5.11 Å². The molecule has 0 aliphatic heterocycles. The number of carboxylic acids is 1. The molecule has 1 saturated carbocycles. The van der Waals surface area contributed by atoms with Gasteiger partial charge < -0.3 is 10.0 Å². The molecule has 1 unspecified atom stereocenters. The highest BCUT2D eigenvalue weighted by Gasteiger charge is 2.40. The maximum absolute atomic E-state index is 12.4. The Morgan fingerprint density at radius 3 is 2.33 bits per heavy atom. The van der Waals surface area contributed by atoms with E-state index in [9.17, 15) is 9.59 Å². The first kappa shape index (κ1) is 15.0. The largest absolute Gasteiger partial charge is 0.480 e. The Kier molecular flexibility index (Phi) is 4.08. The number of aliphatic carboxylic acids is 1. The number of carbonyl (C=O) groups is 2. The number of carboxylic acid groups (broad SMARTS) is 1. The quantitative estimate of drug-likeness (QED) is 0.843. The Bertz CT molecular complexity index is 347. The van der Waals surface area contributed by atoms with Gasteiger partial charge >= 0.3 is 5.97 Å². The summed E-state index contributed by atoms with van der Waals surface area (Å²) in [5.74, 6) is -1.03. The van der Waals surface area contributed by atoms with Gasteiger partial charge in [0.05, 0.1) is 0 Å². The number of nitrogens with zero attached hydrogens (tertiary/aromatic N) is 1. The summed E-state index contributed by atoms with van der Waals surface area (Å²) < 4.78 is 0. The van der Waals surface area contributed by atoms with Gasteiger partial charge in [0, 0.05) is 13.0 Å². The lowest BCUT2D eigenvalue weighted by Gasteiger charge is -2.39. The fraction of sp³-hybridized carbons (Fsp3) is 0.857. The average molecular weight is 255 g/mol. The molecule has 4 heteroatoms. The molecule has 0 bridgehead atoms. The minimum absolute atomic E-state index is 0.0302. The minimum atomic E-state index is -1.14. The normalized spacial score (nSPS) is 23.5. The average Bonchev–Trinajstić information content (AvgIpc) is 2.25. The summed E-state index contributed by atoms with van der Waals surface area (Å²) in [7, 11) is 1.60. The molecule has 1 atom stereocenters. The van der Waals surface area contributed by atoms with Crippen LogP contribution in [0.2, 0.25) is 0 Å². The van der Waals surface area contributed by atoms with Gasteiger partial charge in [0.2, 0.25) is 5.91 Å². The number of amides is 1. The lowest BCUT2D eigenvalue weighted by Crippen LogP contribution is -2.53. The number of hydrogen-bond acceptors (Lipinski definition) is 2. The lowest BCUT2D eigenvalue weighted by molar-refractivity contribution is -0.158. The van der Waals surface area contributed by atoms with Crippen molar-refractivity contribution in [1.82, 2.24) is 4.90 Å². The summed E-state index contributed by atoms with van der Waals surface area (Å²) in [6.07, 6.45) is 3.92. The first-order valence-corrected chi connectivity index (χ1v) is 6.59. The Morgan fingerprint density at radius 2 is 1.89 bits per heavy atom. The van der Waals surface area contributed by atoms with E-state index in [-0.39, 0.29) is 17.2 Å². The number of hydrogen-bond donors (Lipinski definition) is 1. The zero-order valence-corrected chi connectivity index (χ0v) is 12.1. The second-order valence-corrected chi connectivity index (χ2v) is 6.72. The summed E-state index contributed by atoms with van der Waals surface area (Å²) in [5, 5.41) is 9.17. The Labute approximate surface area is 109 Å². The van der Waals surface area contributed by atoms with Gasteiger partial charge in [-0.3, -0.25) is 4.79 Å². The fourth-order valence-corrected chi connectivity index (χ4v) is 2.60. The molecule has 0 saturated heterocycles. The molecule has 1 rings (SSSR count). The summed E-state index contributed by atoms with van der Waals surface area (Å²) in [4.78, 5) is 25.0. The smallest absolute Gasteiger partial charge is 0.329 e. The van der Waals surface area contributed by atoms with Gasteiger partial charge in [-0.15, -0.1) is 0 Å². The van der Waals surface area contributed by atoms with Crippen LogP contribution in [0.1, 0.15) is 53.4 Å². The molecule has 0 aromatic rings. The predicted molar refractivity (Wildman–Crippen MR) is 70.2 cm³/mol. The highest BCUT2D eigenvalue weighted by molar-refractivity contribution is 5.87. The van der Waals surface area contributed by atoms with E-state index < -0.39 is 11.5 Å².